The van der Waals surface area contributed by atoms with E-state index in [2.05, 4.69) is 10.1 Å². The van der Waals surface area contributed by atoms with E-state index in [1.54, 1.807) is 11.0 Å². The Morgan fingerprint density at radius 1 is 1.22 bits per heavy atom. The van der Waals surface area contributed by atoms with Crippen molar-refractivity contribution in [1.82, 2.24) is 0 Å². The number of para-hydroxylation sites is 2. The number of benzene rings is 2. The number of hydrogen-bond donors (Lipinski definition) is 1. The van der Waals surface area contributed by atoms with Crippen LogP contribution in [0.3, 0.4) is 0 Å². The van der Waals surface area contributed by atoms with Crippen LogP contribution in [0.5, 0.6) is 5.75 Å². The maximum absolute atomic E-state index is 12.5. The summed E-state index contributed by atoms with van der Waals surface area (Å²) >= 11 is 0. The zero-order valence-electron chi connectivity index (χ0n) is 14.8. The lowest BCUT2D eigenvalue weighted by atomic mass is 10.1. The summed E-state index contributed by atoms with van der Waals surface area (Å²) in [4.78, 5) is 26.4. The summed E-state index contributed by atoms with van der Waals surface area (Å²) in [6, 6.07) is 13.6. The number of amides is 2. The van der Waals surface area contributed by atoms with E-state index < -0.39 is 18.4 Å². The first-order chi connectivity index (χ1) is 13.0. The third-order valence-corrected chi connectivity index (χ3v) is 4.51. The lowest BCUT2D eigenvalue weighted by Crippen LogP contribution is -2.28. The van der Waals surface area contributed by atoms with Crippen LogP contribution in [0.2, 0.25) is 0 Å². The normalized spacial score (nSPS) is 16.7. The van der Waals surface area contributed by atoms with Gasteiger partial charge in [0.25, 0.3) is 0 Å². The van der Waals surface area contributed by atoms with Crippen molar-refractivity contribution in [3.63, 3.8) is 0 Å². The van der Waals surface area contributed by atoms with Crippen LogP contribution in [0.1, 0.15) is 18.9 Å². The molecule has 0 aliphatic carbocycles. The smallest absolute Gasteiger partial charge is 0.387 e. The summed E-state index contributed by atoms with van der Waals surface area (Å²) in [6.45, 7) is -0.697. The minimum atomic E-state index is -2.99. The van der Waals surface area contributed by atoms with E-state index in [1.165, 1.54) is 18.2 Å². The summed E-state index contributed by atoms with van der Waals surface area (Å²) in [5.74, 6) is -1.22. The molecule has 0 spiro atoms. The summed E-state index contributed by atoms with van der Waals surface area (Å²) in [6.07, 6.45) is 0.971. The van der Waals surface area contributed by atoms with Crippen LogP contribution < -0.4 is 15.0 Å². The number of ether oxygens (including phenoxy) is 1. The van der Waals surface area contributed by atoms with E-state index in [4.69, 9.17) is 0 Å². The number of nitrogens with zero attached hydrogens (tertiary/aromatic N) is 1. The molecule has 7 heteroatoms. The number of aryl methyl sites for hydroxylation is 1. The van der Waals surface area contributed by atoms with Crippen molar-refractivity contribution in [2.24, 2.45) is 5.92 Å². The average Bonchev–Trinajstić information content (AvgIpc) is 3.05. The highest BCUT2D eigenvalue weighted by Crippen LogP contribution is 2.29. The Morgan fingerprint density at radius 3 is 2.59 bits per heavy atom. The lowest BCUT2D eigenvalue weighted by molar-refractivity contribution is -0.122. The molecule has 3 rings (SSSR count). The van der Waals surface area contributed by atoms with Crippen LogP contribution in [0.4, 0.5) is 20.2 Å². The van der Waals surface area contributed by atoms with Gasteiger partial charge in [0.2, 0.25) is 11.8 Å². The molecule has 1 N–H and O–H groups in total. The van der Waals surface area contributed by atoms with Crippen LogP contribution >= 0.6 is 0 Å². The van der Waals surface area contributed by atoms with E-state index in [9.17, 15) is 18.4 Å². The summed E-state index contributed by atoms with van der Waals surface area (Å²) < 4.78 is 29.4. The fourth-order valence-corrected chi connectivity index (χ4v) is 3.05. The Bertz CT molecular complexity index is 824. The molecule has 27 heavy (non-hydrogen) atoms. The van der Waals surface area contributed by atoms with Crippen molar-refractivity contribution >= 4 is 23.2 Å². The quantitative estimate of drug-likeness (QED) is 0.836. The van der Waals surface area contributed by atoms with Gasteiger partial charge < -0.3 is 15.0 Å². The fourth-order valence-electron chi connectivity index (χ4n) is 3.05. The maximum Gasteiger partial charge on any atom is 0.387 e. The maximum atomic E-state index is 12.5. The lowest BCUT2D eigenvalue weighted by Gasteiger charge is -2.17. The Labute approximate surface area is 155 Å². The number of carbonyl (C=O) groups is 2. The predicted molar refractivity (Wildman–Crippen MR) is 98.0 cm³/mol. The molecule has 2 aromatic carbocycles. The number of alkyl halides is 2. The Hall–Kier alpha value is -2.96. The second-order valence-corrected chi connectivity index (χ2v) is 6.29. The summed E-state index contributed by atoms with van der Waals surface area (Å²) in [5.41, 5.74) is 2.06. The number of nitrogens with one attached hydrogen (secondary N) is 1. The van der Waals surface area contributed by atoms with Crippen molar-refractivity contribution in [2.45, 2.75) is 26.4 Å². The van der Waals surface area contributed by atoms with Crippen molar-refractivity contribution < 1.29 is 23.1 Å². The standard InChI is InChI=1S/C20H20F2N2O3/c1-2-13-7-9-15(10-8-13)24-12-14(11-18(24)25)19(26)23-16-5-3-4-6-17(16)27-20(21)22/h3-10,14,20H,2,11-12H2,1H3,(H,23,26). The zero-order chi connectivity index (χ0) is 19.4. The Kier molecular flexibility index (Phi) is 5.69. The molecule has 1 atom stereocenters. The molecular formula is C20H20F2N2O3. The van der Waals surface area contributed by atoms with E-state index in [0.717, 1.165) is 17.7 Å². The average molecular weight is 374 g/mol. The molecule has 1 fully saturated rings. The van der Waals surface area contributed by atoms with Gasteiger partial charge in [-0.2, -0.15) is 8.78 Å². The monoisotopic (exact) mass is 374 g/mol. The SMILES string of the molecule is CCc1ccc(N2CC(C(=O)Nc3ccccc3OC(F)F)CC2=O)cc1. The molecule has 142 valence electrons. The molecule has 1 aliphatic heterocycles. The summed E-state index contributed by atoms with van der Waals surface area (Å²) in [7, 11) is 0. The summed E-state index contributed by atoms with van der Waals surface area (Å²) in [5, 5.41) is 2.59. The molecular weight excluding hydrogens is 354 g/mol. The van der Waals surface area contributed by atoms with Crippen molar-refractivity contribution in [3.05, 3.63) is 54.1 Å². The minimum absolute atomic E-state index is 0.0687. The van der Waals surface area contributed by atoms with Crippen molar-refractivity contribution in [3.8, 4) is 5.75 Å². The molecule has 2 aromatic rings. The van der Waals surface area contributed by atoms with Gasteiger partial charge in [-0.3, -0.25) is 9.59 Å². The minimum Gasteiger partial charge on any atom is -0.433 e. The second-order valence-electron chi connectivity index (χ2n) is 6.29. The van der Waals surface area contributed by atoms with Crippen LogP contribution in [-0.4, -0.2) is 25.0 Å². The molecule has 0 bridgehead atoms. The van der Waals surface area contributed by atoms with Crippen LogP contribution in [-0.2, 0) is 16.0 Å². The highest BCUT2D eigenvalue weighted by molar-refractivity contribution is 6.03. The van der Waals surface area contributed by atoms with Crippen LogP contribution in [0, 0.1) is 5.92 Å². The number of rotatable bonds is 6. The first-order valence-electron chi connectivity index (χ1n) is 8.72. The first kappa shape index (κ1) is 18.8. The molecule has 0 radical (unpaired) electrons. The van der Waals surface area contributed by atoms with Gasteiger partial charge in [-0.1, -0.05) is 31.2 Å². The van der Waals surface area contributed by atoms with E-state index in [1.807, 2.05) is 31.2 Å². The van der Waals surface area contributed by atoms with Gasteiger partial charge >= 0.3 is 6.61 Å². The number of carbonyl (C=O) groups excluding carboxylic acids is 2. The highest BCUT2D eigenvalue weighted by atomic mass is 19.3. The van der Waals surface area contributed by atoms with Gasteiger partial charge in [0, 0.05) is 18.7 Å². The predicted octanol–water partition coefficient (Wildman–Crippen LogP) is 3.84. The third kappa shape index (κ3) is 4.42. The van der Waals surface area contributed by atoms with E-state index >= 15 is 0 Å². The van der Waals surface area contributed by atoms with Crippen LogP contribution in [0.25, 0.3) is 0 Å². The molecule has 1 unspecified atom stereocenters. The van der Waals surface area contributed by atoms with Gasteiger partial charge in [-0.15, -0.1) is 0 Å². The molecule has 1 aliphatic rings. The largest absolute Gasteiger partial charge is 0.433 e. The number of anilines is 2. The van der Waals surface area contributed by atoms with E-state index in [-0.39, 0.29) is 30.3 Å². The topological polar surface area (TPSA) is 58.6 Å². The van der Waals surface area contributed by atoms with Gasteiger partial charge in [-0.25, -0.2) is 0 Å². The van der Waals surface area contributed by atoms with Crippen molar-refractivity contribution in [1.29, 1.82) is 0 Å². The second kappa shape index (κ2) is 8.16. The van der Waals surface area contributed by atoms with Gasteiger partial charge in [-0.05, 0) is 36.2 Å². The molecule has 1 heterocycles. The first-order valence-corrected chi connectivity index (χ1v) is 8.72. The Balaban J connectivity index is 1.69. The van der Waals surface area contributed by atoms with Gasteiger partial charge in [0.15, 0.2) is 0 Å². The van der Waals surface area contributed by atoms with Crippen LogP contribution in [0.15, 0.2) is 48.5 Å². The fraction of sp³-hybridized carbons (Fsp3) is 0.300. The van der Waals surface area contributed by atoms with Gasteiger partial charge in [0.1, 0.15) is 5.75 Å². The number of hydrogen-bond acceptors (Lipinski definition) is 3. The zero-order valence-corrected chi connectivity index (χ0v) is 14.8. The number of halogens is 2. The molecule has 5 nitrogen and oxygen atoms in total. The Morgan fingerprint density at radius 2 is 1.93 bits per heavy atom. The molecule has 0 saturated carbocycles. The third-order valence-electron chi connectivity index (χ3n) is 4.51. The molecule has 1 saturated heterocycles. The highest BCUT2D eigenvalue weighted by Gasteiger charge is 2.35. The molecule has 2 amide bonds. The molecule has 0 aromatic heterocycles. The van der Waals surface area contributed by atoms with Crippen molar-refractivity contribution in [2.75, 3.05) is 16.8 Å². The van der Waals surface area contributed by atoms with E-state index in [0.29, 0.717) is 0 Å². The van der Waals surface area contributed by atoms with Gasteiger partial charge in [0.05, 0.1) is 11.6 Å².